The van der Waals surface area contributed by atoms with Gasteiger partial charge in [0.25, 0.3) is 0 Å². The van der Waals surface area contributed by atoms with Crippen LogP contribution in [0.4, 0.5) is 30.4 Å². The number of nitrogens with zero attached hydrogens (tertiary/aromatic N) is 2. The van der Waals surface area contributed by atoms with E-state index in [1.54, 1.807) is 0 Å². The van der Waals surface area contributed by atoms with E-state index in [2.05, 4.69) is 20.8 Å². The predicted molar refractivity (Wildman–Crippen MR) is 95.5 cm³/mol. The lowest BCUT2D eigenvalue weighted by molar-refractivity contribution is -0.136. The Morgan fingerprint density at radius 1 is 1.19 bits per heavy atom. The molecule has 1 aliphatic heterocycles. The molecule has 6 N–H and O–H groups in total. The lowest BCUT2D eigenvalue weighted by Gasteiger charge is -2.24. The summed E-state index contributed by atoms with van der Waals surface area (Å²) in [5.74, 6) is 0.624. The summed E-state index contributed by atoms with van der Waals surface area (Å²) in [6.07, 6.45) is -2.43. The van der Waals surface area contributed by atoms with Gasteiger partial charge in [-0.1, -0.05) is 0 Å². The van der Waals surface area contributed by atoms with Gasteiger partial charge in [0.2, 0.25) is 0 Å². The van der Waals surface area contributed by atoms with Gasteiger partial charge in [-0.05, 0) is 50.1 Å². The molecular formula is C17H21F3N6. The average molecular weight is 366 g/mol. The molecular weight excluding hydrogens is 345 g/mol. The van der Waals surface area contributed by atoms with E-state index in [4.69, 9.17) is 11.5 Å². The van der Waals surface area contributed by atoms with Crippen molar-refractivity contribution in [1.29, 1.82) is 0 Å². The summed E-state index contributed by atoms with van der Waals surface area (Å²) in [4.78, 5) is 0. The van der Waals surface area contributed by atoms with Crippen LogP contribution in [-0.4, -0.2) is 29.3 Å². The van der Waals surface area contributed by atoms with Crippen molar-refractivity contribution < 1.29 is 13.2 Å². The van der Waals surface area contributed by atoms with Crippen LogP contribution in [0.25, 0.3) is 11.3 Å². The molecule has 1 atom stereocenters. The van der Waals surface area contributed by atoms with E-state index in [0.29, 0.717) is 17.1 Å². The monoisotopic (exact) mass is 366 g/mol. The highest BCUT2D eigenvalue weighted by Crippen LogP contribution is 2.40. The Morgan fingerprint density at radius 2 is 1.96 bits per heavy atom. The number of hydrogen-bond donors (Lipinski definition) is 4. The first-order chi connectivity index (χ1) is 12.3. The molecule has 1 saturated heterocycles. The molecule has 0 radical (unpaired) electrons. The Morgan fingerprint density at radius 3 is 2.58 bits per heavy atom. The number of anilines is 3. The van der Waals surface area contributed by atoms with Gasteiger partial charge in [-0.2, -0.15) is 13.2 Å². The molecule has 1 aromatic heterocycles. The van der Waals surface area contributed by atoms with Gasteiger partial charge in [0, 0.05) is 18.2 Å². The molecule has 1 aromatic carbocycles. The van der Waals surface area contributed by atoms with Crippen LogP contribution < -0.4 is 22.1 Å². The third-order valence-electron chi connectivity index (χ3n) is 4.48. The Labute approximate surface area is 149 Å². The first-order valence-corrected chi connectivity index (χ1v) is 8.34. The smallest absolute Gasteiger partial charge is 0.397 e. The minimum atomic E-state index is -4.56. The molecule has 26 heavy (non-hydrogen) atoms. The van der Waals surface area contributed by atoms with Gasteiger partial charge < -0.3 is 22.1 Å². The molecule has 3 rings (SSSR count). The fourth-order valence-electron chi connectivity index (χ4n) is 3.10. The van der Waals surface area contributed by atoms with Crippen LogP contribution in [0.1, 0.15) is 24.0 Å². The first kappa shape index (κ1) is 18.2. The second-order valence-corrected chi connectivity index (χ2v) is 6.43. The predicted octanol–water partition coefficient (Wildman–Crippen LogP) is 2.80. The minimum absolute atomic E-state index is 0.144. The number of halogens is 3. The van der Waals surface area contributed by atoms with Gasteiger partial charge in [-0.3, -0.25) is 0 Å². The topological polar surface area (TPSA) is 102 Å². The molecule has 140 valence electrons. The molecule has 0 spiro atoms. The second kappa shape index (κ2) is 6.99. The molecule has 0 bridgehead atoms. The average Bonchev–Trinajstić information content (AvgIpc) is 2.58. The van der Waals surface area contributed by atoms with Crippen LogP contribution in [0.5, 0.6) is 0 Å². The summed E-state index contributed by atoms with van der Waals surface area (Å²) >= 11 is 0. The van der Waals surface area contributed by atoms with E-state index in [1.807, 2.05) is 13.0 Å². The highest BCUT2D eigenvalue weighted by Gasteiger charge is 2.34. The van der Waals surface area contributed by atoms with E-state index in [0.717, 1.165) is 37.6 Å². The SMILES string of the molecule is Cc1cc(NC2CCCNC2)nnc1-c1ccc(C(F)(F)F)c(N)c1N. The van der Waals surface area contributed by atoms with Crippen molar-refractivity contribution in [2.45, 2.75) is 32.0 Å². The summed E-state index contributed by atoms with van der Waals surface area (Å²) < 4.78 is 38.8. The van der Waals surface area contributed by atoms with Crippen molar-refractivity contribution in [3.63, 3.8) is 0 Å². The van der Waals surface area contributed by atoms with Gasteiger partial charge in [0.1, 0.15) is 5.82 Å². The van der Waals surface area contributed by atoms with E-state index in [9.17, 15) is 13.2 Å². The number of nitrogens with one attached hydrogen (secondary N) is 2. The molecule has 1 unspecified atom stereocenters. The molecule has 0 saturated carbocycles. The first-order valence-electron chi connectivity index (χ1n) is 8.34. The maximum atomic E-state index is 12.9. The van der Waals surface area contributed by atoms with Crippen LogP contribution in [0, 0.1) is 6.92 Å². The summed E-state index contributed by atoms with van der Waals surface area (Å²) in [6.45, 7) is 3.67. The zero-order valence-electron chi connectivity index (χ0n) is 14.3. The van der Waals surface area contributed by atoms with Crippen molar-refractivity contribution in [3.05, 3.63) is 29.3 Å². The molecule has 0 aliphatic carbocycles. The quantitative estimate of drug-likeness (QED) is 0.623. The maximum Gasteiger partial charge on any atom is 0.418 e. The minimum Gasteiger partial charge on any atom is -0.397 e. The molecule has 2 heterocycles. The highest BCUT2D eigenvalue weighted by molar-refractivity contribution is 5.86. The van der Waals surface area contributed by atoms with E-state index >= 15 is 0 Å². The van der Waals surface area contributed by atoms with Crippen LogP contribution in [0.2, 0.25) is 0 Å². The van der Waals surface area contributed by atoms with Crippen molar-refractivity contribution in [2.75, 3.05) is 29.9 Å². The van der Waals surface area contributed by atoms with Crippen molar-refractivity contribution in [2.24, 2.45) is 0 Å². The standard InChI is InChI=1S/C17H21F3N6/c1-9-7-13(24-10-3-2-6-23-8-10)25-26-16(9)11-4-5-12(17(18,19)20)15(22)14(11)21/h4-5,7,10,23H,2-3,6,8,21-22H2,1H3,(H,24,25). The second-order valence-electron chi connectivity index (χ2n) is 6.43. The van der Waals surface area contributed by atoms with Gasteiger partial charge in [0.15, 0.2) is 0 Å². The molecule has 1 fully saturated rings. The van der Waals surface area contributed by atoms with Crippen molar-refractivity contribution in [3.8, 4) is 11.3 Å². The van der Waals surface area contributed by atoms with Gasteiger partial charge in [0.05, 0.1) is 22.6 Å². The maximum absolute atomic E-state index is 12.9. The van der Waals surface area contributed by atoms with Crippen LogP contribution in [0.3, 0.4) is 0 Å². The Hall–Kier alpha value is -2.55. The number of rotatable bonds is 3. The van der Waals surface area contributed by atoms with Gasteiger partial charge in [-0.15, -0.1) is 10.2 Å². The third-order valence-corrected chi connectivity index (χ3v) is 4.48. The molecule has 9 heteroatoms. The third kappa shape index (κ3) is 3.67. The number of alkyl halides is 3. The summed E-state index contributed by atoms with van der Waals surface area (Å²) in [6, 6.07) is 4.28. The zero-order valence-corrected chi connectivity index (χ0v) is 14.3. The number of aromatic nitrogens is 2. The lowest BCUT2D eigenvalue weighted by atomic mass is 10.0. The normalized spacial score (nSPS) is 17.9. The number of nitrogens with two attached hydrogens (primary N) is 2. The van der Waals surface area contributed by atoms with Crippen LogP contribution in [-0.2, 0) is 6.18 Å². The van der Waals surface area contributed by atoms with E-state index < -0.39 is 17.4 Å². The summed E-state index contributed by atoms with van der Waals surface area (Å²) in [5.41, 5.74) is 11.4. The van der Waals surface area contributed by atoms with Crippen molar-refractivity contribution >= 4 is 17.2 Å². The zero-order chi connectivity index (χ0) is 18.9. The molecule has 6 nitrogen and oxygen atoms in total. The van der Waals surface area contributed by atoms with Crippen molar-refractivity contribution in [1.82, 2.24) is 15.5 Å². The van der Waals surface area contributed by atoms with E-state index in [1.165, 1.54) is 6.07 Å². The Bertz CT molecular complexity index is 800. The molecule has 2 aromatic rings. The van der Waals surface area contributed by atoms with Gasteiger partial charge in [-0.25, -0.2) is 0 Å². The fourth-order valence-corrected chi connectivity index (χ4v) is 3.10. The fraction of sp³-hybridized carbons (Fsp3) is 0.412. The van der Waals surface area contributed by atoms with Crippen LogP contribution >= 0.6 is 0 Å². The highest BCUT2D eigenvalue weighted by atomic mass is 19.4. The van der Waals surface area contributed by atoms with E-state index in [-0.39, 0.29) is 11.7 Å². The Kier molecular flexibility index (Phi) is 4.90. The summed E-state index contributed by atoms with van der Waals surface area (Å²) in [7, 11) is 0. The molecule has 1 aliphatic rings. The largest absolute Gasteiger partial charge is 0.418 e. The summed E-state index contributed by atoms with van der Waals surface area (Å²) in [5, 5.41) is 14.9. The number of benzene rings is 1. The van der Waals surface area contributed by atoms with Gasteiger partial charge >= 0.3 is 6.18 Å². The number of piperidine rings is 1. The number of nitrogen functional groups attached to an aromatic ring is 2. The molecule has 0 amide bonds. The van der Waals surface area contributed by atoms with Crippen LogP contribution in [0.15, 0.2) is 18.2 Å². The lowest BCUT2D eigenvalue weighted by Crippen LogP contribution is -2.38. The Balaban J connectivity index is 1.89. The number of aryl methyl sites for hydroxylation is 1. The number of hydrogen-bond acceptors (Lipinski definition) is 6.